The van der Waals surface area contributed by atoms with Crippen LogP contribution in [0.2, 0.25) is 0 Å². The molecule has 5 nitrogen and oxygen atoms in total. The van der Waals surface area contributed by atoms with Gasteiger partial charge in [0.1, 0.15) is 0 Å². The van der Waals surface area contributed by atoms with Crippen LogP contribution in [0.1, 0.15) is 53.8 Å². The SMILES string of the molecule is Cc1cccc(CNC(=O)c2cccc(NC(=O)C3CCCCC3)c2)n1. The first-order valence-electron chi connectivity index (χ1n) is 9.23. The zero-order valence-corrected chi connectivity index (χ0v) is 15.1. The van der Waals surface area contributed by atoms with Crippen molar-refractivity contribution < 1.29 is 9.59 Å². The summed E-state index contributed by atoms with van der Waals surface area (Å²) in [5.41, 5.74) is 2.94. The van der Waals surface area contributed by atoms with E-state index in [1.807, 2.05) is 31.2 Å². The molecule has 1 aliphatic rings. The normalized spacial score (nSPS) is 14.7. The highest BCUT2D eigenvalue weighted by atomic mass is 16.2. The quantitative estimate of drug-likeness (QED) is 0.860. The van der Waals surface area contributed by atoms with Gasteiger partial charge < -0.3 is 10.6 Å². The lowest BCUT2D eigenvalue weighted by Crippen LogP contribution is -2.25. The maximum absolute atomic E-state index is 12.4. The van der Waals surface area contributed by atoms with Gasteiger partial charge in [0.15, 0.2) is 0 Å². The van der Waals surface area contributed by atoms with Crippen LogP contribution in [0.5, 0.6) is 0 Å². The van der Waals surface area contributed by atoms with E-state index in [9.17, 15) is 9.59 Å². The zero-order valence-electron chi connectivity index (χ0n) is 15.1. The Labute approximate surface area is 154 Å². The van der Waals surface area contributed by atoms with Crippen molar-refractivity contribution in [3.63, 3.8) is 0 Å². The highest BCUT2D eigenvalue weighted by Gasteiger charge is 2.21. The maximum atomic E-state index is 12.4. The summed E-state index contributed by atoms with van der Waals surface area (Å²) >= 11 is 0. The number of amides is 2. The molecular formula is C21H25N3O2. The Morgan fingerprint density at radius 1 is 1.08 bits per heavy atom. The summed E-state index contributed by atoms with van der Waals surface area (Å²) in [6.45, 7) is 2.29. The van der Waals surface area contributed by atoms with Gasteiger partial charge in [0.05, 0.1) is 12.2 Å². The van der Waals surface area contributed by atoms with Crippen LogP contribution in [0.3, 0.4) is 0 Å². The molecule has 1 heterocycles. The van der Waals surface area contributed by atoms with E-state index in [-0.39, 0.29) is 17.7 Å². The van der Waals surface area contributed by atoms with Crippen LogP contribution in [0.25, 0.3) is 0 Å². The predicted molar refractivity (Wildman–Crippen MR) is 102 cm³/mol. The van der Waals surface area contributed by atoms with E-state index in [0.29, 0.717) is 17.8 Å². The van der Waals surface area contributed by atoms with Gasteiger partial charge in [-0.25, -0.2) is 0 Å². The number of benzene rings is 1. The molecule has 1 aromatic carbocycles. The smallest absolute Gasteiger partial charge is 0.251 e. The summed E-state index contributed by atoms with van der Waals surface area (Å²) in [5.74, 6) is -0.0260. The first-order chi connectivity index (χ1) is 12.6. The van der Waals surface area contributed by atoms with Crippen LogP contribution in [-0.2, 0) is 11.3 Å². The molecule has 1 aliphatic carbocycles. The fourth-order valence-corrected chi connectivity index (χ4v) is 3.32. The Morgan fingerprint density at radius 2 is 1.85 bits per heavy atom. The average Bonchev–Trinajstić information content (AvgIpc) is 2.67. The number of aromatic nitrogens is 1. The standard InChI is InChI=1S/C21H25N3O2/c1-15-7-5-12-19(23-15)14-22-20(25)17-10-6-11-18(13-17)24-21(26)16-8-3-2-4-9-16/h5-7,10-13,16H,2-4,8-9,14H2,1H3,(H,22,25)(H,24,26). The second-order valence-corrected chi connectivity index (χ2v) is 6.86. The topological polar surface area (TPSA) is 71.1 Å². The molecule has 0 spiro atoms. The minimum Gasteiger partial charge on any atom is -0.346 e. The van der Waals surface area contributed by atoms with Crippen molar-refractivity contribution in [3.8, 4) is 0 Å². The summed E-state index contributed by atoms with van der Waals surface area (Å²) in [4.78, 5) is 29.1. The van der Waals surface area contributed by atoms with E-state index in [4.69, 9.17) is 0 Å². The van der Waals surface area contributed by atoms with Crippen LogP contribution in [-0.4, -0.2) is 16.8 Å². The number of aryl methyl sites for hydroxylation is 1. The molecule has 2 aromatic rings. The summed E-state index contributed by atoms with van der Waals surface area (Å²) in [5, 5.41) is 5.83. The van der Waals surface area contributed by atoms with Gasteiger partial charge in [-0.2, -0.15) is 0 Å². The lowest BCUT2D eigenvalue weighted by Gasteiger charge is -2.20. The average molecular weight is 351 g/mol. The summed E-state index contributed by atoms with van der Waals surface area (Å²) in [6, 6.07) is 12.8. The number of rotatable bonds is 5. The van der Waals surface area contributed by atoms with Crippen molar-refractivity contribution in [1.29, 1.82) is 0 Å². The van der Waals surface area contributed by atoms with Crippen LogP contribution in [0.4, 0.5) is 5.69 Å². The van der Waals surface area contributed by atoms with Gasteiger partial charge in [-0.05, 0) is 50.1 Å². The van der Waals surface area contributed by atoms with Crippen molar-refractivity contribution in [3.05, 3.63) is 59.4 Å². The first-order valence-corrected chi connectivity index (χ1v) is 9.23. The summed E-state index contributed by atoms with van der Waals surface area (Å²) in [7, 11) is 0. The Balaban J connectivity index is 1.59. The molecule has 1 saturated carbocycles. The molecule has 0 radical (unpaired) electrons. The lowest BCUT2D eigenvalue weighted by molar-refractivity contribution is -0.120. The highest BCUT2D eigenvalue weighted by molar-refractivity contribution is 5.97. The van der Waals surface area contributed by atoms with E-state index in [2.05, 4.69) is 15.6 Å². The van der Waals surface area contributed by atoms with Gasteiger partial charge in [-0.1, -0.05) is 31.4 Å². The molecule has 2 N–H and O–H groups in total. The third-order valence-corrected chi connectivity index (χ3v) is 4.74. The number of carbonyl (C=O) groups is 2. The lowest BCUT2D eigenvalue weighted by atomic mass is 9.88. The second kappa shape index (κ2) is 8.61. The molecule has 0 unspecified atom stereocenters. The van der Waals surface area contributed by atoms with E-state index < -0.39 is 0 Å². The minimum atomic E-state index is -0.179. The highest BCUT2D eigenvalue weighted by Crippen LogP contribution is 2.25. The third kappa shape index (κ3) is 4.91. The minimum absolute atomic E-state index is 0.0613. The monoisotopic (exact) mass is 351 g/mol. The van der Waals surface area contributed by atoms with Gasteiger partial charge in [0.25, 0.3) is 5.91 Å². The molecule has 1 fully saturated rings. The van der Waals surface area contributed by atoms with Gasteiger partial charge in [0.2, 0.25) is 5.91 Å². The molecule has 26 heavy (non-hydrogen) atoms. The number of nitrogens with one attached hydrogen (secondary N) is 2. The summed E-state index contributed by atoms with van der Waals surface area (Å²) < 4.78 is 0. The number of anilines is 1. The van der Waals surface area contributed by atoms with Gasteiger partial charge in [0, 0.05) is 22.9 Å². The second-order valence-electron chi connectivity index (χ2n) is 6.86. The molecular weight excluding hydrogens is 326 g/mol. The molecule has 0 saturated heterocycles. The fraction of sp³-hybridized carbons (Fsp3) is 0.381. The maximum Gasteiger partial charge on any atom is 0.251 e. The van der Waals surface area contributed by atoms with Crippen molar-refractivity contribution in [2.24, 2.45) is 5.92 Å². The van der Waals surface area contributed by atoms with Crippen molar-refractivity contribution in [2.75, 3.05) is 5.32 Å². The Kier molecular flexibility index (Phi) is 6.00. The van der Waals surface area contributed by atoms with Crippen molar-refractivity contribution in [1.82, 2.24) is 10.3 Å². The predicted octanol–water partition coefficient (Wildman–Crippen LogP) is 3.84. The van der Waals surface area contributed by atoms with Crippen LogP contribution in [0.15, 0.2) is 42.5 Å². The molecule has 0 aliphatic heterocycles. The Morgan fingerprint density at radius 3 is 2.62 bits per heavy atom. The van der Waals surface area contributed by atoms with Crippen LogP contribution >= 0.6 is 0 Å². The van der Waals surface area contributed by atoms with Crippen LogP contribution in [0, 0.1) is 12.8 Å². The van der Waals surface area contributed by atoms with E-state index in [1.165, 1.54) is 6.42 Å². The van der Waals surface area contributed by atoms with Gasteiger partial charge in [-0.15, -0.1) is 0 Å². The zero-order chi connectivity index (χ0) is 18.4. The summed E-state index contributed by atoms with van der Waals surface area (Å²) in [6.07, 6.45) is 5.36. The van der Waals surface area contributed by atoms with Crippen LogP contribution < -0.4 is 10.6 Å². The van der Waals surface area contributed by atoms with E-state index in [1.54, 1.807) is 18.2 Å². The number of nitrogens with zero attached hydrogens (tertiary/aromatic N) is 1. The van der Waals surface area contributed by atoms with Crippen molar-refractivity contribution in [2.45, 2.75) is 45.6 Å². The number of pyridine rings is 1. The molecule has 5 heteroatoms. The molecule has 136 valence electrons. The first kappa shape index (κ1) is 18.1. The van der Waals surface area contributed by atoms with Gasteiger partial charge in [-0.3, -0.25) is 14.6 Å². The number of hydrogen-bond donors (Lipinski definition) is 2. The Hall–Kier alpha value is -2.69. The molecule has 3 rings (SSSR count). The fourth-order valence-electron chi connectivity index (χ4n) is 3.32. The number of hydrogen-bond acceptors (Lipinski definition) is 3. The molecule has 0 atom stereocenters. The van der Waals surface area contributed by atoms with E-state index >= 15 is 0 Å². The van der Waals surface area contributed by atoms with E-state index in [0.717, 1.165) is 37.1 Å². The van der Waals surface area contributed by atoms with Gasteiger partial charge >= 0.3 is 0 Å². The third-order valence-electron chi connectivity index (χ3n) is 4.74. The van der Waals surface area contributed by atoms with Crippen molar-refractivity contribution >= 4 is 17.5 Å². The molecule has 0 bridgehead atoms. The number of carbonyl (C=O) groups excluding carboxylic acids is 2. The Bertz CT molecular complexity index is 782. The largest absolute Gasteiger partial charge is 0.346 e. The molecule has 1 aromatic heterocycles. The molecule has 2 amide bonds.